The van der Waals surface area contributed by atoms with Crippen LogP contribution in [0.25, 0.3) is 22.6 Å². The zero-order valence-electron chi connectivity index (χ0n) is 20.7. The van der Waals surface area contributed by atoms with Gasteiger partial charge in [0.1, 0.15) is 29.9 Å². The minimum atomic E-state index is -0.635. The number of aryl methyl sites for hydroxylation is 2. The van der Waals surface area contributed by atoms with Gasteiger partial charge in [-0.15, -0.1) is 0 Å². The Morgan fingerprint density at radius 2 is 2.00 bits per heavy atom. The van der Waals surface area contributed by atoms with E-state index in [4.69, 9.17) is 14.0 Å². The summed E-state index contributed by atoms with van der Waals surface area (Å²) in [5, 5.41) is 16.9. The van der Waals surface area contributed by atoms with Crippen LogP contribution in [-0.4, -0.2) is 59.7 Å². The summed E-state index contributed by atoms with van der Waals surface area (Å²) in [7, 11) is 1.77. The molecule has 0 amide bonds. The lowest BCUT2D eigenvalue weighted by Gasteiger charge is -2.33. The van der Waals surface area contributed by atoms with Gasteiger partial charge in [-0.2, -0.15) is 0 Å². The van der Waals surface area contributed by atoms with Crippen LogP contribution in [-0.2, 0) is 11.2 Å². The van der Waals surface area contributed by atoms with Crippen LogP contribution in [0.5, 0.6) is 5.75 Å². The number of aromatic nitrogens is 3. The van der Waals surface area contributed by atoms with Gasteiger partial charge in [0.15, 0.2) is 11.6 Å². The van der Waals surface area contributed by atoms with Crippen LogP contribution in [0.15, 0.2) is 28.8 Å². The summed E-state index contributed by atoms with van der Waals surface area (Å²) in [4.78, 5) is 9.31. The molecule has 1 fully saturated rings. The second kappa shape index (κ2) is 10.8. The molecule has 1 aliphatic heterocycles. The van der Waals surface area contributed by atoms with Gasteiger partial charge in [-0.05, 0) is 57.7 Å². The summed E-state index contributed by atoms with van der Waals surface area (Å²) in [6.45, 7) is 7.56. The average molecular weight is 485 g/mol. The van der Waals surface area contributed by atoms with Crippen molar-refractivity contribution in [2.75, 3.05) is 33.4 Å². The zero-order valence-corrected chi connectivity index (χ0v) is 20.7. The summed E-state index contributed by atoms with van der Waals surface area (Å²) in [6, 6.07) is 7.30. The molecule has 188 valence electrons. The van der Waals surface area contributed by atoms with Gasteiger partial charge in [-0.1, -0.05) is 24.2 Å². The predicted molar refractivity (Wildman–Crippen MR) is 130 cm³/mol. The van der Waals surface area contributed by atoms with Crippen molar-refractivity contribution in [3.63, 3.8) is 0 Å². The second-order valence-corrected chi connectivity index (χ2v) is 9.51. The van der Waals surface area contributed by atoms with Crippen molar-refractivity contribution >= 4 is 0 Å². The van der Waals surface area contributed by atoms with Crippen molar-refractivity contribution in [2.45, 2.75) is 46.1 Å². The second-order valence-electron chi connectivity index (χ2n) is 9.51. The highest BCUT2D eigenvalue weighted by atomic mass is 19.1. The normalized spacial score (nSPS) is 16.3. The van der Waals surface area contributed by atoms with Gasteiger partial charge in [-0.25, -0.2) is 14.4 Å². The fraction of sp³-hybridized carbons (Fsp3) is 0.500. The first-order valence-corrected chi connectivity index (χ1v) is 11.9. The maximum atomic E-state index is 15.9. The van der Waals surface area contributed by atoms with Crippen molar-refractivity contribution in [1.29, 1.82) is 0 Å². The fourth-order valence-corrected chi connectivity index (χ4v) is 4.38. The van der Waals surface area contributed by atoms with Gasteiger partial charge in [0, 0.05) is 25.3 Å². The zero-order chi connectivity index (χ0) is 25.0. The Bertz CT molecular complexity index is 1140. The molecule has 1 aliphatic rings. The number of likely N-dealkylation sites (N-methyl/N-ethyl adjacent to an activating group) is 1. The van der Waals surface area contributed by atoms with E-state index < -0.39 is 11.9 Å². The average Bonchev–Trinajstić information content (AvgIpc) is 3.17. The number of rotatable bonds is 9. The van der Waals surface area contributed by atoms with E-state index in [1.165, 1.54) is 0 Å². The third-order valence-corrected chi connectivity index (χ3v) is 6.46. The lowest BCUT2D eigenvalue weighted by atomic mass is 9.78. The number of hydrogen-bond acceptors (Lipinski definition) is 8. The molecule has 0 aliphatic carbocycles. The third-order valence-electron chi connectivity index (χ3n) is 6.46. The van der Waals surface area contributed by atoms with Crippen LogP contribution >= 0.6 is 0 Å². The van der Waals surface area contributed by atoms with E-state index in [2.05, 4.69) is 27.4 Å². The molecule has 0 saturated carbocycles. The summed E-state index contributed by atoms with van der Waals surface area (Å²) < 4.78 is 32.5. The quantitative estimate of drug-likeness (QED) is 0.472. The number of aliphatic hydroxyl groups excluding tert-OH is 1. The Balaban J connectivity index is 1.74. The molecule has 9 heteroatoms. The van der Waals surface area contributed by atoms with Gasteiger partial charge in [0.05, 0.1) is 17.0 Å². The van der Waals surface area contributed by atoms with E-state index in [0.29, 0.717) is 66.0 Å². The molecular weight excluding hydrogens is 451 g/mol. The number of benzene rings is 1. The molecular formula is C26H33FN4O4. The number of hydrogen-bond donors (Lipinski definition) is 2. The Morgan fingerprint density at radius 3 is 2.69 bits per heavy atom. The van der Waals surface area contributed by atoms with Crippen LogP contribution in [0.2, 0.25) is 0 Å². The molecule has 1 saturated heterocycles. The molecule has 0 radical (unpaired) electrons. The first kappa shape index (κ1) is 25.2. The van der Waals surface area contributed by atoms with Gasteiger partial charge in [0.25, 0.3) is 0 Å². The maximum Gasteiger partial charge on any atom is 0.171 e. The molecule has 0 bridgehead atoms. The number of aliphatic hydroxyl groups is 1. The molecule has 2 N–H and O–H groups in total. The molecule has 3 aromatic rings. The molecule has 35 heavy (non-hydrogen) atoms. The first-order chi connectivity index (χ1) is 16.8. The number of nitrogens with one attached hydrogen (secondary N) is 1. The summed E-state index contributed by atoms with van der Waals surface area (Å²) in [5.74, 6) is 1.03. The Hall–Kier alpha value is -2.88. The number of ether oxygens (including phenoxy) is 2. The Morgan fingerprint density at radius 1 is 1.23 bits per heavy atom. The highest BCUT2D eigenvalue weighted by Crippen LogP contribution is 2.37. The number of halogens is 1. The van der Waals surface area contributed by atoms with Crippen LogP contribution in [0.1, 0.15) is 36.9 Å². The van der Waals surface area contributed by atoms with E-state index in [0.717, 1.165) is 12.8 Å². The van der Waals surface area contributed by atoms with E-state index in [-0.39, 0.29) is 17.7 Å². The van der Waals surface area contributed by atoms with Gasteiger partial charge >= 0.3 is 0 Å². The predicted octanol–water partition coefficient (Wildman–Crippen LogP) is 3.87. The van der Waals surface area contributed by atoms with E-state index in [1.807, 2.05) is 12.1 Å². The van der Waals surface area contributed by atoms with Crippen LogP contribution in [0.3, 0.4) is 0 Å². The standard InChI is InChI=1S/C26H33FN4O4/c1-16-22(17(2)35-31-16)24-23(27)21(13-26(3)8-10-33-11-9-26)29-25(30-24)18-6-5-7-20(12-18)34-15-19(32)14-28-4/h5-7,12,19,28,32H,8-11,13-15H2,1-4H3. The molecule has 8 nitrogen and oxygen atoms in total. The van der Waals surface area contributed by atoms with E-state index in [1.54, 1.807) is 33.0 Å². The Kier molecular flexibility index (Phi) is 7.78. The summed E-state index contributed by atoms with van der Waals surface area (Å²) >= 11 is 0. The van der Waals surface area contributed by atoms with Crippen LogP contribution in [0.4, 0.5) is 4.39 Å². The molecule has 1 aromatic carbocycles. The van der Waals surface area contributed by atoms with Gasteiger partial charge in [-0.3, -0.25) is 0 Å². The van der Waals surface area contributed by atoms with Crippen molar-refractivity contribution in [2.24, 2.45) is 5.41 Å². The monoisotopic (exact) mass is 484 g/mol. The van der Waals surface area contributed by atoms with E-state index >= 15 is 4.39 Å². The first-order valence-electron chi connectivity index (χ1n) is 11.9. The molecule has 2 aromatic heterocycles. The van der Waals surface area contributed by atoms with Crippen LogP contribution < -0.4 is 10.1 Å². The highest BCUT2D eigenvalue weighted by Gasteiger charge is 2.31. The topological polar surface area (TPSA) is 103 Å². The molecule has 3 heterocycles. The van der Waals surface area contributed by atoms with Crippen molar-refractivity contribution in [1.82, 2.24) is 20.4 Å². The minimum Gasteiger partial charge on any atom is -0.491 e. The molecule has 0 spiro atoms. The fourth-order valence-electron chi connectivity index (χ4n) is 4.38. The minimum absolute atomic E-state index is 0.116. The summed E-state index contributed by atoms with van der Waals surface area (Å²) in [5.41, 5.74) is 2.25. The smallest absolute Gasteiger partial charge is 0.171 e. The largest absolute Gasteiger partial charge is 0.491 e. The van der Waals surface area contributed by atoms with Gasteiger partial charge < -0.3 is 24.4 Å². The van der Waals surface area contributed by atoms with Gasteiger partial charge in [0.2, 0.25) is 0 Å². The highest BCUT2D eigenvalue weighted by molar-refractivity contribution is 5.68. The third kappa shape index (κ3) is 5.86. The molecule has 1 atom stereocenters. The Labute approximate surface area is 204 Å². The van der Waals surface area contributed by atoms with Crippen LogP contribution in [0, 0.1) is 25.1 Å². The lowest BCUT2D eigenvalue weighted by molar-refractivity contribution is 0.0232. The number of nitrogens with zero attached hydrogens (tertiary/aromatic N) is 3. The SMILES string of the molecule is CNCC(O)COc1cccc(-c2nc(CC3(C)CCOCC3)c(F)c(-c3c(C)noc3C)n2)c1. The van der Waals surface area contributed by atoms with Crippen molar-refractivity contribution < 1.29 is 23.5 Å². The maximum absolute atomic E-state index is 15.9. The molecule has 4 rings (SSSR count). The van der Waals surface area contributed by atoms with Crippen molar-refractivity contribution in [3.05, 3.63) is 47.2 Å². The summed E-state index contributed by atoms with van der Waals surface area (Å²) in [6.07, 6.45) is 1.51. The molecule has 1 unspecified atom stereocenters. The van der Waals surface area contributed by atoms with Crippen molar-refractivity contribution in [3.8, 4) is 28.4 Å². The lowest BCUT2D eigenvalue weighted by Crippen LogP contribution is -2.29. The van der Waals surface area contributed by atoms with E-state index in [9.17, 15) is 5.11 Å².